The highest BCUT2D eigenvalue weighted by Crippen LogP contribution is 2.22. The molecular weight excluding hydrogens is 330 g/mol. The van der Waals surface area contributed by atoms with E-state index in [1.807, 2.05) is 48.9 Å². The molecule has 0 atom stereocenters. The normalized spacial score (nSPS) is 10.7. The second kappa shape index (κ2) is 7.91. The van der Waals surface area contributed by atoms with E-state index in [2.05, 4.69) is 10.4 Å². The van der Waals surface area contributed by atoms with Crippen molar-refractivity contribution in [2.45, 2.75) is 33.2 Å². The van der Waals surface area contributed by atoms with Gasteiger partial charge in [0.15, 0.2) is 0 Å². The van der Waals surface area contributed by atoms with Crippen molar-refractivity contribution in [1.82, 2.24) is 15.1 Å². The summed E-state index contributed by atoms with van der Waals surface area (Å²) in [6.07, 6.45) is 2.97. The molecule has 136 valence electrons. The van der Waals surface area contributed by atoms with Crippen LogP contribution in [0.5, 0.6) is 5.75 Å². The van der Waals surface area contributed by atoms with Crippen LogP contribution in [0.4, 0.5) is 0 Å². The molecular formula is C20H23N3O3. The van der Waals surface area contributed by atoms with E-state index in [1.54, 1.807) is 19.4 Å². The van der Waals surface area contributed by atoms with Gasteiger partial charge in [0.25, 0.3) is 5.91 Å². The van der Waals surface area contributed by atoms with Crippen LogP contribution in [0.3, 0.4) is 0 Å². The lowest BCUT2D eigenvalue weighted by Gasteiger charge is -2.09. The number of benzene rings is 1. The summed E-state index contributed by atoms with van der Waals surface area (Å²) in [5.74, 6) is 1.37. The summed E-state index contributed by atoms with van der Waals surface area (Å²) in [4.78, 5) is 12.8. The second-order valence-electron chi connectivity index (χ2n) is 5.85. The predicted octanol–water partition coefficient (Wildman–Crippen LogP) is 3.53. The number of nitrogens with zero attached hydrogens (tertiary/aromatic N) is 2. The summed E-state index contributed by atoms with van der Waals surface area (Å²) in [7, 11) is 1.64. The molecule has 6 nitrogen and oxygen atoms in total. The Bertz CT molecular complexity index is 865. The van der Waals surface area contributed by atoms with Crippen molar-refractivity contribution >= 4 is 5.91 Å². The van der Waals surface area contributed by atoms with Gasteiger partial charge in [0.05, 0.1) is 42.6 Å². The van der Waals surface area contributed by atoms with Gasteiger partial charge in [-0.2, -0.15) is 5.10 Å². The molecule has 0 unspecified atom stereocenters. The molecule has 0 saturated carbocycles. The Morgan fingerprint density at radius 1 is 1.19 bits per heavy atom. The minimum absolute atomic E-state index is 0.130. The van der Waals surface area contributed by atoms with Gasteiger partial charge >= 0.3 is 0 Å². The van der Waals surface area contributed by atoms with Crippen molar-refractivity contribution in [1.29, 1.82) is 0 Å². The number of aryl methyl sites for hydroxylation is 1. The number of furan rings is 1. The van der Waals surface area contributed by atoms with Crippen LogP contribution in [0.2, 0.25) is 0 Å². The molecule has 26 heavy (non-hydrogen) atoms. The Morgan fingerprint density at radius 2 is 1.96 bits per heavy atom. The molecule has 0 aliphatic heterocycles. The Hall–Kier alpha value is -3.02. The Balaban J connectivity index is 1.93. The van der Waals surface area contributed by atoms with E-state index < -0.39 is 0 Å². The Kier molecular flexibility index (Phi) is 5.41. The number of amides is 1. The molecule has 0 bridgehead atoms. The van der Waals surface area contributed by atoms with Crippen LogP contribution in [-0.4, -0.2) is 22.8 Å². The fraction of sp³-hybridized carbons (Fsp3) is 0.300. The Labute approximate surface area is 152 Å². The van der Waals surface area contributed by atoms with E-state index >= 15 is 0 Å². The number of rotatable bonds is 7. The van der Waals surface area contributed by atoms with Gasteiger partial charge in [-0.1, -0.05) is 13.8 Å². The molecule has 0 fully saturated rings. The number of nitrogens with one attached hydrogen (secondary N) is 1. The summed E-state index contributed by atoms with van der Waals surface area (Å²) in [6, 6.07) is 11.3. The molecule has 0 radical (unpaired) electrons. The largest absolute Gasteiger partial charge is 0.497 e. The quantitative estimate of drug-likeness (QED) is 0.705. The number of carbonyl (C=O) groups is 1. The van der Waals surface area contributed by atoms with Gasteiger partial charge in [-0.3, -0.25) is 4.79 Å². The average Bonchev–Trinajstić information content (AvgIpc) is 3.33. The van der Waals surface area contributed by atoms with Crippen molar-refractivity contribution in [3.8, 4) is 11.4 Å². The number of ether oxygens (including phenoxy) is 1. The maximum absolute atomic E-state index is 12.8. The summed E-state index contributed by atoms with van der Waals surface area (Å²) in [5.41, 5.74) is 3.23. The zero-order chi connectivity index (χ0) is 18.5. The van der Waals surface area contributed by atoms with Crippen molar-refractivity contribution in [2.24, 2.45) is 0 Å². The van der Waals surface area contributed by atoms with Crippen LogP contribution in [-0.2, 0) is 19.4 Å². The van der Waals surface area contributed by atoms with Crippen LogP contribution >= 0.6 is 0 Å². The minimum atomic E-state index is -0.130. The topological polar surface area (TPSA) is 69.3 Å². The van der Waals surface area contributed by atoms with Gasteiger partial charge in [0, 0.05) is 0 Å². The SMILES string of the molecule is CCc1nn(-c2ccc(OC)cc2)c(CC)c1C(=O)NCc1ccco1. The molecule has 0 spiro atoms. The monoisotopic (exact) mass is 353 g/mol. The number of hydrogen-bond acceptors (Lipinski definition) is 4. The Morgan fingerprint density at radius 3 is 2.54 bits per heavy atom. The van der Waals surface area contributed by atoms with Crippen molar-refractivity contribution < 1.29 is 13.9 Å². The van der Waals surface area contributed by atoms with Crippen molar-refractivity contribution in [3.63, 3.8) is 0 Å². The maximum Gasteiger partial charge on any atom is 0.255 e. The molecule has 2 aromatic heterocycles. The fourth-order valence-corrected chi connectivity index (χ4v) is 2.95. The lowest BCUT2D eigenvalue weighted by atomic mass is 10.1. The van der Waals surface area contributed by atoms with Gasteiger partial charge in [0.1, 0.15) is 11.5 Å². The van der Waals surface area contributed by atoms with Crippen molar-refractivity contribution in [2.75, 3.05) is 7.11 Å². The first-order valence-corrected chi connectivity index (χ1v) is 8.73. The minimum Gasteiger partial charge on any atom is -0.497 e. The lowest BCUT2D eigenvalue weighted by Crippen LogP contribution is -2.24. The first-order chi connectivity index (χ1) is 12.7. The van der Waals surface area contributed by atoms with Gasteiger partial charge < -0.3 is 14.5 Å². The van der Waals surface area contributed by atoms with Gasteiger partial charge in [-0.25, -0.2) is 4.68 Å². The van der Waals surface area contributed by atoms with E-state index in [4.69, 9.17) is 9.15 Å². The second-order valence-corrected chi connectivity index (χ2v) is 5.85. The van der Waals surface area contributed by atoms with E-state index in [1.165, 1.54) is 0 Å². The van der Waals surface area contributed by atoms with E-state index in [0.29, 0.717) is 24.9 Å². The van der Waals surface area contributed by atoms with Crippen LogP contribution in [0.1, 0.15) is 41.4 Å². The highest BCUT2D eigenvalue weighted by Gasteiger charge is 2.22. The third-order valence-corrected chi connectivity index (χ3v) is 4.27. The van der Waals surface area contributed by atoms with Crippen LogP contribution in [0, 0.1) is 0 Å². The molecule has 1 N–H and O–H groups in total. The molecule has 2 heterocycles. The number of hydrogen-bond donors (Lipinski definition) is 1. The standard InChI is InChI=1S/C20H23N3O3/c1-4-17-19(20(24)21-13-16-7-6-12-26-16)18(5-2)23(22-17)14-8-10-15(25-3)11-9-14/h6-12H,4-5,13H2,1-3H3,(H,21,24). The van der Waals surface area contributed by atoms with Gasteiger partial charge in [-0.05, 0) is 49.2 Å². The average molecular weight is 353 g/mol. The summed E-state index contributed by atoms with van der Waals surface area (Å²) in [6.45, 7) is 4.38. The van der Waals surface area contributed by atoms with Crippen LogP contribution < -0.4 is 10.1 Å². The zero-order valence-corrected chi connectivity index (χ0v) is 15.3. The van der Waals surface area contributed by atoms with Gasteiger partial charge in [-0.15, -0.1) is 0 Å². The zero-order valence-electron chi connectivity index (χ0n) is 15.3. The highest BCUT2D eigenvalue weighted by molar-refractivity contribution is 5.96. The third kappa shape index (κ3) is 3.49. The molecule has 3 aromatic rings. The summed E-state index contributed by atoms with van der Waals surface area (Å²) >= 11 is 0. The molecule has 0 saturated heterocycles. The number of carbonyl (C=O) groups excluding carboxylic acids is 1. The summed E-state index contributed by atoms with van der Waals surface area (Å²) in [5, 5.41) is 7.61. The number of aromatic nitrogens is 2. The lowest BCUT2D eigenvalue weighted by molar-refractivity contribution is 0.0946. The molecule has 3 rings (SSSR count). The molecule has 6 heteroatoms. The van der Waals surface area contributed by atoms with Gasteiger partial charge in [0.2, 0.25) is 0 Å². The van der Waals surface area contributed by atoms with Crippen LogP contribution in [0.25, 0.3) is 5.69 Å². The van der Waals surface area contributed by atoms with E-state index in [9.17, 15) is 4.79 Å². The molecule has 0 aliphatic carbocycles. The first kappa shape index (κ1) is 17.8. The fourth-order valence-electron chi connectivity index (χ4n) is 2.95. The smallest absolute Gasteiger partial charge is 0.255 e. The molecule has 1 amide bonds. The molecule has 1 aromatic carbocycles. The molecule has 0 aliphatic rings. The third-order valence-electron chi connectivity index (χ3n) is 4.27. The summed E-state index contributed by atoms with van der Waals surface area (Å²) < 4.78 is 12.3. The van der Waals surface area contributed by atoms with E-state index in [-0.39, 0.29) is 5.91 Å². The van der Waals surface area contributed by atoms with Crippen molar-refractivity contribution in [3.05, 3.63) is 65.4 Å². The van der Waals surface area contributed by atoms with E-state index in [0.717, 1.165) is 28.6 Å². The predicted molar refractivity (Wildman–Crippen MR) is 98.8 cm³/mol. The first-order valence-electron chi connectivity index (χ1n) is 8.73. The number of methoxy groups -OCH3 is 1. The highest BCUT2D eigenvalue weighted by atomic mass is 16.5. The maximum atomic E-state index is 12.8. The van der Waals surface area contributed by atoms with Crippen LogP contribution in [0.15, 0.2) is 47.1 Å².